The molecule has 0 aliphatic rings. The third-order valence-corrected chi connectivity index (χ3v) is 5.33. The number of carbonyl (C=O) groups is 1. The van der Waals surface area contributed by atoms with Gasteiger partial charge in [0.15, 0.2) is 0 Å². The number of rotatable bonds is 7. The van der Waals surface area contributed by atoms with Crippen LogP contribution in [-0.4, -0.2) is 33.8 Å². The summed E-state index contributed by atoms with van der Waals surface area (Å²) in [5.74, 6) is -0.129. The van der Waals surface area contributed by atoms with Crippen LogP contribution in [-0.2, 0) is 13.1 Å². The highest BCUT2D eigenvalue weighted by Crippen LogP contribution is 2.28. The molecule has 0 aliphatic heterocycles. The maximum Gasteiger partial charge on any atom is 0.346 e. The molecule has 0 unspecified atom stereocenters. The number of benzene rings is 1. The SMILES string of the molecule is CNC(=O)c1ccc(-c2ccc(Cn3cnn(C/C(=C/F)CN)c3=O)s2)cc1. The molecule has 0 bridgehead atoms. The van der Waals surface area contributed by atoms with Gasteiger partial charge in [0, 0.05) is 28.9 Å². The Bertz CT molecular complexity index is 1050. The quantitative estimate of drug-likeness (QED) is 0.633. The van der Waals surface area contributed by atoms with E-state index >= 15 is 0 Å². The van der Waals surface area contributed by atoms with Gasteiger partial charge in [0.1, 0.15) is 6.33 Å². The first-order chi connectivity index (χ1) is 13.5. The van der Waals surface area contributed by atoms with Crippen molar-refractivity contribution in [1.82, 2.24) is 19.7 Å². The Kier molecular flexibility index (Phi) is 6.17. The molecule has 146 valence electrons. The zero-order valence-electron chi connectivity index (χ0n) is 15.3. The van der Waals surface area contributed by atoms with E-state index < -0.39 is 0 Å². The molecule has 0 spiro atoms. The Labute approximate surface area is 164 Å². The first kappa shape index (κ1) is 19.7. The van der Waals surface area contributed by atoms with Crippen LogP contribution in [0.2, 0.25) is 0 Å². The molecule has 3 N–H and O–H groups in total. The minimum absolute atomic E-state index is 0.0305. The fourth-order valence-corrected chi connectivity index (χ4v) is 3.65. The third kappa shape index (κ3) is 4.26. The maximum absolute atomic E-state index is 12.7. The van der Waals surface area contributed by atoms with Gasteiger partial charge in [-0.15, -0.1) is 11.3 Å². The van der Waals surface area contributed by atoms with Crippen LogP contribution in [0, 0.1) is 0 Å². The summed E-state index contributed by atoms with van der Waals surface area (Å²) in [7, 11) is 1.59. The molecule has 7 nitrogen and oxygen atoms in total. The largest absolute Gasteiger partial charge is 0.355 e. The van der Waals surface area contributed by atoms with Crippen LogP contribution in [0.3, 0.4) is 0 Å². The average Bonchev–Trinajstić information content (AvgIpc) is 3.33. The molecular formula is C19H20FN5O2S. The number of hydrogen-bond donors (Lipinski definition) is 2. The van der Waals surface area contributed by atoms with Crippen molar-refractivity contribution in [3.05, 3.63) is 75.6 Å². The summed E-state index contributed by atoms with van der Waals surface area (Å²) in [5.41, 5.74) is 6.99. The molecule has 3 rings (SSSR count). The van der Waals surface area contributed by atoms with Gasteiger partial charge in [-0.3, -0.25) is 9.36 Å². The monoisotopic (exact) mass is 401 g/mol. The fraction of sp³-hybridized carbons (Fsp3) is 0.211. The van der Waals surface area contributed by atoms with Crippen LogP contribution in [0.5, 0.6) is 0 Å². The van der Waals surface area contributed by atoms with Crippen LogP contribution in [0.25, 0.3) is 10.4 Å². The zero-order valence-corrected chi connectivity index (χ0v) is 16.1. The molecule has 0 saturated carbocycles. The Morgan fingerprint density at radius 1 is 1.29 bits per heavy atom. The van der Waals surface area contributed by atoms with Crippen molar-refractivity contribution < 1.29 is 9.18 Å². The van der Waals surface area contributed by atoms with Crippen molar-refractivity contribution in [2.24, 2.45) is 5.73 Å². The van der Waals surface area contributed by atoms with E-state index in [0.717, 1.165) is 15.3 Å². The van der Waals surface area contributed by atoms with Crippen molar-refractivity contribution in [2.75, 3.05) is 13.6 Å². The minimum atomic E-state index is -0.322. The lowest BCUT2D eigenvalue weighted by atomic mass is 10.1. The Morgan fingerprint density at radius 2 is 2.04 bits per heavy atom. The highest BCUT2D eigenvalue weighted by Gasteiger charge is 2.10. The van der Waals surface area contributed by atoms with Crippen LogP contribution in [0.1, 0.15) is 15.2 Å². The number of nitrogens with zero attached hydrogens (tertiary/aromatic N) is 3. The smallest absolute Gasteiger partial charge is 0.346 e. The van der Waals surface area contributed by atoms with E-state index in [1.165, 1.54) is 15.6 Å². The second-order valence-corrected chi connectivity index (χ2v) is 7.26. The van der Waals surface area contributed by atoms with E-state index in [2.05, 4.69) is 10.4 Å². The Hall–Kier alpha value is -3.04. The summed E-state index contributed by atoms with van der Waals surface area (Å²) in [6, 6.07) is 11.3. The molecule has 2 heterocycles. The maximum atomic E-state index is 12.7. The Morgan fingerprint density at radius 3 is 2.68 bits per heavy atom. The predicted molar refractivity (Wildman–Crippen MR) is 107 cm³/mol. The van der Waals surface area contributed by atoms with Gasteiger partial charge in [-0.2, -0.15) is 5.10 Å². The van der Waals surface area contributed by atoms with Crippen molar-refractivity contribution in [2.45, 2.75) is 13.1 Å². The van der Waals surface area contributed by atoms with Gasteiger partial charge in [-0.05, 0) is 35.4 Å². The molecule has 2 aromatic heterocycles. The van der Waals surface area contributed by atoms with Crippen molar-refractivity contribution in [3.8, 4) is 10.4 Å². The summed E-state index contributed by atoms with van der Waals surface area (Å²) in [6.07, 6.45) is 1.85. The van der Waals surface area contributed by atoms with E-state index in [1.807, 2.05) is 24.3 Å². The molecule has 1 aromatic carbocycles. The summed E-state index contributed by atoms with van der Waals surface area (Å²) in [4.78, 5) is 26.0. The number of carbonyl (C=O) groups excluding carboxylic acids is 1. The molecule has 3 aromatic rings. The van der Waals surface area contributed by atoms with Gasteiger partial charge in [0.25, 0.3) is 5.91 Å². The predicted octanol–water partition coefficient (Wildman–Crippen LogP) is 1.99. The van der Waals surface area contributed by atoms with Gasteiger partial charge in [-0.1, -0.05) is 12.1 Å². The Balaban J connectivity index is 1.74. The fourth-order valence-electron chi connectivity index (χ4n) is 2.64. The third-order valence-electron chi connectivity index (χ3n) is 4.21. The van der Waals surface area contributed by atoms with Crippen LogP contribution in [0.4, 0.5) is 4.39 Å². The van der Waals surface area contributed by atoms with Gasteiger partial charge >= 0.3 is 5.69 Å². The number of thiophene rings is 1. The summed E-state index contributed by atoms with van der Waals surface area (Å²) < 4.78 is 15.3. The summed E-state index contributed by atoms with van der Waals surface area (Å²) in [6.45, 7) is 0.437. The molecule has 1 amide bonds. The van der Waals surface area contributed by atoms with Crippen molar-refractivity contribution in [3.63, 3.8) is 0 Å². The van der Waals surface area contributed by atoms with Crippen LogP contribution >= 0.6 is 11.3 Å². The second kappa shape index (κ2) is 8.77. The first-order valence-corrected chi connectivity index (χ1v) is 9.39. The van der Waals surface area contributed by atoms with Crippen LogP contribution in [0.15, 0.2) is 59.4 Å². The molecule has 0 aliphatic carbocycles. The van der Waals surface area contributed by atoms with E-state index in [4.69, 9.17) is 5.73 Å². The molecule has 28 heavy (non-hydrogen) atoms. The number of nitrogens with two attached hydrogens (primary N) is 1. The molecule has 0 atom stereocenters. The number of aromatic nitrogens is 3. The van der Waals surface area contributed by atoms with E-state index in [1.54, 1.807) is 30.5 Å². The van der Waals surface area contributed by atoms with Crippen molar-refractivity contribution >= 4 is 17.2 Å². The average molecular weight is 401 g/mol. The number of nitrogens with one attached hydrogen (secondary N) is 1. The van der Waals surface area contributed by atoms with Crippen molar-refractivity contribution in [1.29, 1.82) is 0 Å². The van der Waals surface area contributed by atoms with Crippen LogP contribution < -0.4 is 16.7 Å². The molecule has 0 radical (unpaired) electrons. The molecular weight excluding hydrogens is 381 g/mol. The van der Waals surface area contributed by atoms with E-state index in [9.17, 15) is 14.0 Å². The van der Waals surface area contributed by atoms with Gasteiger partial charge in [0.2, 0.25) is 0 Å². The lowest BCUT2D eigenvalue weighted by Gasteiger charge is -2.02. The molecule has 0 fully saturated rings. The highest BCUT2D eigenvalue weighted by molar-refractivity contribution is 7.15. The topological polar surface area (TPSA) is 94.9 Å². The lowest BCUT2D eigenvalue weighted by molar-refractivity contribution is 0.0963. The molecule has 9 heteroatoms. The minimum Gasteiger partial charge on any atom is -0.355 e. The van der Waals surface area contributed by atoms with Gasteiger partial charge in [0.05, 0.1) is 19.4 Å². The normalized spacial score (nSPS) is 11.6. The number of halogens is 1. The van der Waals surface area contributed by atoms with Gasteiger partial charge < -0.3 is 11.1 Å². The standard InChI is InChI=1S/C19H20FN5O2S/c1-22-18(26)15-4-2-14(3-5-15)17-7-6-16(28-17)11-24-12-23-25(19(24)27)10-13(8-20)9-21/h2-8,12H,9-11,21H2,1H3,(H,22,26)/b13-8+. The number of hydrogen-bond acceptors (Lipinski definition) is 5. The molecule has 0 saturated heterocycles. The van der Waals surface area contributed by atoms with E-state index in [-0.39, 0.29) is 24.7 Å². The summed E-state index contributed by atoms with van der Waals surface area (Å²) in [5, 5.41) is 6.61. The van der Waals surface area contributed by atoms with E-state index in [0.29, 0.717) is 24.0 Å². The number of amides is 1. The highest BCUT2D eigenvalue weighted by atomic mass is 32.1. The summed E-state index contributed by atoms with van der Waals surface area (Å²) >= 11 is 1.55. The van der Waals surface area contributed by atoms with Gasteiger partial charge in [-0.25, -0.2) is 13.9 Å². The zero-order chi connectivity index (χ0) is 20.1. The second-order valence-electron chi connectivity index (χ2n) is 6.09. The first-order valence-electron chi connectivity index (χ1n) is 8.57. The lowest BCUT2D eigenvalue weighted by Crippen LogP contribution is -2.26.